The first-order chi connectivity index (χ1) is 19.2. The fraction of sp³-hybridized carbons (Fsp3) is 0.758. The molecule has 39 heavy (non-hydrogen) atoms. The zero-order chi connectivity index (χ0) is 26.0. The third kappa shape index (κ3) is 3.01. The van der Waals surface area contributed by atoms with E-state index in [9.17, 15) is 9.59 Å². The molecule has 4 aliphatic heterocycles. The maximum atomic E-state index is 14.4. The summed E-state index contributed by atoms with van der Waals surface area (Å²) in [6.45, 7) is 2.24. The Balaban J connectivity index is 1.21. The van der Waals surface area contributed by atoms with E-state index in [0.717, 1.165) is 44.9 Å². The van der Waals surface area contributed by atoms with Crippen molar-refractivity contribution in [3.05, 3.63) is 35.4 Å². The molecule has 1 aromatic carbocycles. The SMILES string of the molecule is Cc1ccccc1C1CCC2OC3CCCC4C3N3C2C1N(C=O)C1CCC2C5CCCCC5C(=O)N4C2C13. The van der Waals surface area contributed by atoms with Gasteiger partial charge in [-0.3, -0.25) is 14.5 Å². The second-order valence-corrected chi connectivity index (χ2v) is 14.3. The van der Waals surface area contributed by atoms with E-state index in [1.807, 2.05) is 0 Å². The van der Waals surface area contributed by atoms with Crippen molar-refractivity contribution < 1.29 is 14.3 Å². The van der Waals surface area contributed by atoms with Gasteiger partial charge in [0.1, 0.15) is 0 Å². The van der Waals surface area contributed by atoms with E-state index in [1.165, 1.54) is 43.2 Å². The van der Waals surface area contributed by atoms with Crippen molar-refractivity contribution in [2.24, 2.45) is 17.8 Å². The molecule has 4 saturated heterocycles. The van der Waals surface area contributed by atoms with Crippen LogP contribution in [0.3, 0.4) is 0 Å². The summed E-state index contributed by atoms with van der Waals surface area (Å²) in [5.41, 5.74) is 2.76. The van der Waals surface area contributed by atoms with Crippen molar-refractivity contribution in [2.45, 2.75) is 138 Å². The first kappa shape index (κ1) is 23.8. The van der Waals surface area contributed by atoms with Crippen LogP contribution in [-0.2, 0) is 14.3 Å². The Kier molecular flexibility index (Phi) is 5.20. The minimum atomic E-state index is 0.150. The number of nitrogens with zero attached hydrogens (tertiary/aromatic N) is 3. The highest BCUT2D eigenvalue weighted by atomic mass is 16.5. The normalized spacial score (nSPS) is 49.7. The van der Waals surface area contributed by atoms with E-state index in [2.05, 4.69) is 45.9 Å². The van der Waals surface area contributed by atoms with Gasteiger partial charge in [-0.15, -0.1) is 0 Å². The zero-order valence-electron chi connectivity index (χ0n) is 23.2. The molecular weight excluding hydrogens is 486 g/mol. The van der Waals surface area contributed by atoms with Gasteiger partial charge in [-0.05, 0) is 87.7 Å². The van der Waals surface area contributed by atoms with E-state index in [0.29, 0.717) is 29.7 Å². The molecule has 6 heteroatoms. The van der Waals surface area contributed by atoms with Gasteiger partial charge in [0.15, 0.2) is 0 Å². The molecule has 4 saturated carbocycles. The van der Waals surface area contributed by atoms with Gasteiger partial charge >= 0.3 is 0 Å². The van der Waals surface area contributed by atoms with Gasteiger partial charge in [-0.1, -0.05) is 37.1 Å². The number of hydrogen-bond donors (Lipinski definition) is 0. The predicted octanol–water partition coefficient (Wildman–Crippen LogP) is 4.25. The summed E-state index contributed by atoms with van der Waals surface area (Å²) in [4.78, 5) is 35.3. The number of aryl methyl sites for hydroxylation is 1. The molecule has 0 radical (unpaired) electrons. The first-order valence-electron chi connectivity index (χ1n) is 16.2. The van der Waals surface area contributed by atoms with Crippen LogP contribution in [0.1, 0.15) is 87.7 Å². The van der Waals surface area contributed by atoms with E-state index in [1.54, 1.807) is 0 Å². The van der Waals surface area contributed by atoms with Crippen LogP contribution >= 0.6 is 0 Å². The van der Waals surface area contributed by atoms with Gasteiger partial charge < -0.3 is 14.5 Å². The van der Waals surface area contributed by atoms with Gasteiger partial charge in [-0.2, -0.15) is 0 Å². The average Bonchev–Trinajstić information content (AvgIpc) is 2.97. The Morgan fingerprint density at radius 1 is 0.744 bits per heavy atom. The molecule has 9 rings (SSSR count). The number of ether oxygens (including phenoxy) is 1. The van der Waals surface area contributed by atoms with Crippen molar-refractivity contribution in [1.29, 1.82) is 0 Å². The molecule has 0 N–H and O–H groups in total. The van der Waals surface area contributed by atoms with Gasteiger partial charge in [0, 0.05) is 17.9 Å². The van der Waals surface area contributed by atoms with Crippen molar-refractivity contribution in [1.82, 2.24) is 14.7 Å². The molecule has 13 unspecified atom stereocenters. The molecule has 1 aromatic rings. The third-order valence-electron chi connectivity index (χ3n) is 13.1. The van der Waals surface area contributed by atoms with Crippen LogP contribution in [0, 0.1) is 24.7 Å². The van der Waals surface area contributed by atoms with Crippen LogP contribution in [0.2, 0.25) is 0 Å². The number of piperazine rings is 2. The summed E-state index contributed by atoms with van der Waals surface area (Å²) in [5, 5.41) is 0. The standard InChI is InChI=1S/C33H43N3O3/c1-18-7-2-3-8-19(18)21-14-16-27-32-28(21)34(17-37)24-15-13-22-20-9-4-5-10-23(20)33(38)35-25-11-6-12-26(39-27)30(25)36(32)31(24)29(22)35/h2-3,7-8,17,20-32H,4-6,9-16H2,1H3. The van der Waals surface area contributed by atoms with E-state index >= 15 is 0 Å². The Labute approximate surface area is 232 Å². The number of carbonyl (C=O) groups excluding carboxylic acids is 2. The summed E-state index contributed by atoms with van der Waals surface area (Å²) in [6, 6.07) is 10.6. The number of benzene rings is 1. The molecule has 208 valence electrons. The summed E-state index contributed by atoms with van der Waals surface area (Å²) in [5.74, 6) is 2.19. The smallest absolute Gasteiger partial charge is 0.226 e. The maximum absolute atomic E-state index is 14.4. The second kappa shape index (κ2) is 8.55. The van der Waals surface area contributed by atoms with Crippen LogP contribution in [-0.4, -0.2) is 81.5 Å². The number of piperidine rings is 1. The number of rotatable bonds is 2. The number of amides is 2. The van der Waals surface area contributed by atoms with E-state index in [-0.39, 0.29) is 54.4 Å². The molecule has 4 heterocycles. The number of fused-ring (bicyclic) bond motifs is 3. The Bertz CT molecular complexity index is 1190. The van der Waals surface area contributed by atoms with Crippen LogP contribution in [0.15, 0.2) is 24.3 Å². The molecule has 8 fully saturated rings. The molecule has 0 aromatic heterocycles. The summed E-state index contributed by atoms with van der Waals surface area (Å²) < 4.78 is 7.07. The summed E-state index contributed by atoms with van der Waals surface area (Å²) in [7, 11) is 0. The van der Waals surface area contributed by atoms with Crippen LogP contribution in [0.25, 0.3) is 0 Å². The quantitative estimate of drug-likeness (QED) is 0.538. The summed E-state index contributed by atoms with van der Waals surface area (Å²) in [6.07, 6.45) is 14.2. The minimum absolute atomic E-state index is 0.150. The Morgan fingerprint density at radius 3 is 2.46 bits per heavy atom. The maximum Gasteiger partial charge on any atom is 0.226 e. The van der Waals surface area contributed by atoms with Crippen molar-refractivity contribution in [3.8, 4) is 0 Å². The molecule has 2 amide bonds. The third-order valence-corrected chi connectivity index (χ3v) is 13.1. The zero-order valence-corrected chi connectivity index (χ0v) is 23.2. The highest BCUT2D eigenvalue weighted by Gasteiger charge is 2.70. The molecule has 0 spiro atoms. The van der Waals surface area contributed by atoms with E-state index in [4.69, 9.17) is 4.74 Å². The van der Waals surface area contributed by atoms with Crippen LogP contribution < -0.4 is 0 Å². The number of carbonyl (C=O) groups is 2. The molecule has 4 aliphatic carbocycles. The topological polar surface area (TPSA) is 53.1 Å². The van der Waals surface area contributed by atoms with Crippen molar-refractivity contribution in [2.75, 3.05) is 0 Å². The molecule has 13 atom stereocenters. The highest BCUT2D eigenvalue weighted by Crippen LogP contribution is 2.59. The van der Waals surface area contributed by atoms with Crippen molar-refractivity contribution >= 4 is 12.3 Å². The van der Waals surface area contributed by atoms with Crippen LogP contribution in [0.4, 0.5) is 0 Å². The Hall–Kier alpha value is -1.92. The fourth-order valence-electron chi connectivity index (χ4n) is 12.0. The highest BCUT2D eigenvalue weighted by molar-refractivity contribution is 5.81. The predicted molar refractivity (Wildman–Crippen MR) is 147 cm³/mol. The summed E-state index contributed by atoms with van der Waals surface area (Å²) >= 11 is 0. The minimum Gasteiger partial charge on any atom is -0.372 e. The van der Waals surface area contributed by atoms with Gasteiger partial charge in [0.05, 0.1) is 48.5 Å². The van der Waals surface area contributed by atoms with Gasteiger partial charge in [0.2, 0.25) is 12.3 Å². The number of morpholine rings is 1. The van der Waals surface area contributed by atoms with Gasteiger partial charge in [-0.25, -0.2) is 0 Å². The fourth-order valence-corrected chi connectivity index (χ4v) is 12.0. The lowest BCUT2D eigenvalue weighted by Crippen LogP contribution is -2.89. The monoisotopic (exact) mass is 529 g/mol. The van der Waals surface area contributed by atoms with Gasteiger partial charge in [0.25, 0.3) is 0 Å². The van der Waals surface area contributed by atoms with E-state index < -0.39 is 0 Å². The molecular formula is C33H43N3O3. The second-order valence-electron chi connectivity index (χ2n) is 14.3. The lowest BCUT2D eigenvalue weighted by molar-refractivity contribution is -0.288. The Morgan fingerprint density at radius 2 is 1.59 bits per heavy atom. The van der Waals surface area contributed by atoms with Crippen LogP contribution in [0.5, 0.6) is 0 Å². The molecule has 8 aliphatic rings. The number of hydrogen-bond acceptors (Lipinski definition) is 4. The first-order valence-corrected chi connectivity index (χ1v) is 16.2. The molecule has 0 bridgehead atoms. The molecule has 6 nitrogen and oxygen atoms in total. The lowest BCUT2D eigenvalue weighted by Gasteiger charge is -2.75. The lowest BCUT2D eigenvalue weighted by atomic mass is 9.56. The largest absolute Gasteiger partial charge is 0.372 e. The van der Waals surface area contributed by atoms with Crippen molar-refractivity contribution in [3.63, 3.8) is 0 Å². The average molecular weight is 530 g/mol.